The molecule has 37 heavy (non-hydrogen) atoms. The Morgan fingerprint density at radius 2 is 1.84 bits per heavy atom. The van der Waals surface area contributed by atoms with E-state index in [0.717, 1.165) is 27.8 Å². The maximum absolute atomic E-state index is 14.6. The van der Waals surface area contributed by atoms with Crippen LogP contribution in [0.2, 0.25) is 5.02 Å². The Kier molecular flexibility index (Phi) is 5.49. The number of amides is 2. The van der Waals surface area contributed by atoms with E-state index in [1.807, 2.05) is 48.5 Å². The minimum absolute atomic E-state index is 0.0923. The van der Waals surface area contributed by atoms with E-state index in [9.17, 15) is 14.0 Å². The van der Waals surface area contributed by atoms with Crippen molar-refractivity contribution in [3.63, 3.8) is 0 Å². The summed E-state index contributed by atoms with van der Waals surface area (Å²) in [5.41, 5.74) is 2.36. The number of aromatic nitrogens is 1. The summed E-state index contributed by atoms with van der Waals surface area (Å²) in [6.45, 7) is 1.83. The summed E-state index contributed by atoms with van der Waals surface area (Å²) in [5, 5.41) is 1.21. The van der Waals surface area contributed by atoms with Crippen LogP contribution >= 0.6 is 11.6 Å². The topological polar surface area (TPSA) is 65.6 Å². The van der Waals surface area contributed by atoms with Crippen LogP contribution in [-0.2, 0) is 21.7 Å². The van der Waals surface area contributed by atoms with Crippen molar-refractivity contribution in [2.75, 3.05) is 20.2 Å². The third kappa shape index (κ3) is 3.44. The van der Waals surface area contributed by atoms with Crippen molar-refractivity contribution >= 4 is 34.3 Å². The first-order valence-electron chi connectivity index (χ1n) is 12.1. The lowest BCUT2D eigenvalue weighted by molar-refractivity contribution is -0.167. The predicted octanol–water partition coefficient (Wildman–Crippen LogP) is 5.20. The van der Waals surface area contributed by atoms with Crippen LogP contribution in [0.1, 0.15) is 35.2 Å². The van der Waals surface area contributed by atoms with Crippen molar-refractivity contribution in [2.45, 2.75) is 24.9 Å². The normalized spacial score (nSPS) is 21.2. The van der Waals surface area contributed by atoms with Crippen LogP contribution in [0.5, 0.6) is 5.75 Å². The van der Waals surface area contributed by atoms with E-state index in [4.69, 9.17) is 16.3 Å². The maximum atomic E-state index is 14.6. The van der Waals surface area contributed by atoms with Gasteiger partial charge in [0.25, 0.3) is 5.91 Å². The summed E-state index contributed by atoms with van der Waals surface area (Å²) >= 11 is 6.26. The molecule has 1 fully saturated rings. The van der Waals surface area contributed by atoms with Crippen molar-refractivity contribution in [1.29, 1.82) is 0 Å². The lowest BCUT2D eigenvalue weighted by Crippen LogP contribution is -2.67. The summed E-state index contributed by atoms with van der Waals surface area (Å²) in [4.78, 5) is 34.4. The maximum Gasteiger partial charge on any atom is 0.255 e. The molecule has 2 aliphatic rings. The van der Waals surface area contributed by atoms with Crippen molar-refractivity contribution < 1.29 is 18.7 Å². The molecule has 2 atom stereocenters. The zero-order valence-corrected chi connectivity index (χ0v) is 21.2. The first-order chi connectivity index (χ1) is 17.8. The van der Waals surface area contributed by atoms with Gasteiger partial charge in [-0.1, -0.05) is 54.1 Å². The molecule has 1 saturated heterocycles. The molecule has 1 aromatic heterocycles. The van der Waals surface area contributed by atoms with Crippen LogP contribution in [0.4, 0.5) is 4.39 Å². The number of rotatable bonds is 4. The fourth-order valence-electron chi connectivity index (χ4n) is 5.91. The van der Waals surface area contributed by atoms with Gasteiger partial charge in [-0.05, 0) is 36.8 Å². The van der Waals surface area contributed by atoms with Gasteiger partial charge in [-0.15, -0.1) is 0 Å². The van der Waals surface area contributed by atoms with E-state index in [-0.39, 0.29) is 41.4 Å². The highest BCUT2D eigenvalue weighted by atomic mass is 35.5. The molecule has 0 bridgehead atoms. The summed E-state index contributed by atoms with van der Waals surface area (Å²) < 4.78 is 20.3. The zero-order valence-electron chi connectivity index (χ0n) is 20.4. The second kappa shape index (κ2) is 8.63. The Morgan fingerprint density at radius 1 is 1.08 bits per heavy atom. The van der Waals surface area contributed by atoms with Crippen LogP contribution in [0.15, 0.2) is 66.7 Å². The molecule has 2 aliphatic heterocycles. The number of para-hydroxylation sites is 2. The lowest BCUT2D eigenvalue weighted by Gasteiger charge is -2.51. The average Bonchev–Trinajstić information content (AvgIpc) is 3.30. The summed E-state index contributed by atoms with van der Waals surface area (Å²) in [6.07, 6.45) is 0. The number of ether oxygens (including phenoxy) is 1. The number of halogens is 2. The number of carbonyl (C=O) groups excluding carboxylic acids is 2. The van der Waals surface area contributed by atoms with Gasteiger partial charge in [-0.2, -0.15) is 0 Å². The van der Waals surface area contributed by atoms with E-state index in [1.54, 1.807) is 25.0 Å². The van der Waals surface area contributed by atoms with Gasteiger partial charge < -0.3 is 19.5 Å². The second-order valence-corrected chi connectivity index (χ2v) is 10.1. The largest absolute Gasteiger partial charge is 0.496 e. The molecule has 0 spiro atoms. The molecule has 2 amide bonds. The van der Waals surface area contributed by atoms with Gasteiger partial charge in [0.2, 0.25) is 5.91 Å². The van der Waals surface area contributed by atoms with Gasteiger partial charge in [0.05, 0.1) is 19.3 Å². The Labute approximate surface area is 218 Å². The molecule has 1 N–H and O–H groups in total. The Morgan fingerprint density at radius 3 is 2.62 bits per heavy atom. The summed E-state index contributed by atoms with van der Waals surface area (Å²) in [7, 11) is 1.63. The molecule has 3 heterocycles. The number of nitrogens with one attached hydrogen (secondary N) is 1. The Balaban J connectivity index is 1.53. The van der Waals surface area contributed by atoms with Gasteiger partial charge in [0.15, 0.2) is 5.54 Å². The minimum atomic E-state index is -1.29. The first kappa shape index (κ1) is 23.6. The first-order valence-corrected chi connectivity index (χ1v) is 12.5. The van der Waals surface area contributed by atoms with Gasteiger partial charge in [0.1, 0.15) is 18.1 Å². The number of carbonyl (C=O) groups is 2. The van der Waals surface area contributed by atoms with Gasteiger partial charge >= 0.3 is 0 Å². The summed E-state index contributed by atoms with van der Waals surface area (Å²) in [5.74, 6) is -0.485. The highest BCUT2D eigenvalue weighted by Gasteiger charge is 2.56. The number of hydrogen-bond acceptors (Lipinski definition) is 3. The Bertz CT molecular complexity index is 1550. The fraction of sp³-hybridized carbons (Fsp3) is 0.241. The number of H-pyrrole nitrogens is 1. The highest BCUT2D eigenvalue weighted by Crippen LogP contribution is 2.49. The molecule has 3 aromatic carbocycles. The molecule has 8 heteroatoms. The monoisotopic (exact) mass is 517 g/mol. The molecule has 0 saturated carbocycles. The minimum Gasteiger partial charge on any atom is -0.496 e. The van der Waals surface area contributed by atoms with Gasteiger partial charge in [0, 0.05) is 39.5 Å². The lowest BCUT2D eigenvalue weighted by atomic mass is 9.76. The highest BCUT2D eigenvalue weighted by molar-refractivity contribution is 6.31. The molecule has 4 aromatic rings. The number of fused-ring (bicyclic) bond motifs is 5. The van der Waals surface area contributed by atoms with Crippen LogP contribution in [0.25, 0.3) is 10.9 Å². The van der Waals surface area contributed by atoms with E-state index in [1.165, 1.54) is 17.0 Å². The van der Waals surface area contributed by atoms with E-state index < -0.39 is 11.4 Å². The molecule has 0 aliphatic carbocycles. The van der Waals surface area contributed by atoms with Gasteiger partial charge in [-0.3, -0.25) is 9.59 Å². The third-order valence-electron chi connectivity index (χ3n) is 7.74. The van der Waals surface area contributed by atoms with Crippen molar-refractivity contribution in [3.8, 4) is 5.75 Å². The number of hydrogen-bond donors (Lipinski definition) is 1. The number of benzene rings is 3. The van der Waals surface area contributed by atoms with Crippen LogP contribution in [0.3, 0.4) is 0 Å². The Hall–Kier alpha value is -3.84. The standard InChI is InChI=1S/C29H25ClFN3O3/c1-29-27-26(18-9-3-5-12-23(18)32-27)19(17-8-4-6-13-24(17)37-2)15-34(29)25(35)16-33(28(29)36)14-20-21(30)10-7-11-22(20)31/h3-13,19,32H,14-16H2,1-2H3/t19-,29+/m1/s1. The van der Waals surface area contributed by atoms with E-state index in [0.29, 0.717) is 12.2 Å². The molecular weight excluding hydrogens is 493 g/mol. The SMILES string of the molecule is COc1ccccc1[C@H]1CN2C(=O)CN(Cc3c(F)cccc3Cl)C(=O)[C@]2(C)c2[nH]c3ccccc3c21. The van der Waals surface area contributed by atoms with Crippen molar-refractivity contribution in [1.82, 2.24) is 14.8 Å². The number of piperazine rings is 1. The molecule has 6 nitrogen and oxygen atoms in total. The van der Waals surface area contributed by atoms with Gasteiger partial charge in [-0.25, -0.2) is 4.39 Å². The number of nitrogens with zero attached hydrogens (tertiary/aromatic N) is 2. The zero-order chi connectivity index (χ0) is 25.9. The predicted molar refractivity (Wildman–Crippen MR) is 139 cm³/mol. The fourth-order valence-corrected chi connectivity index (χ4v) is 6.14. The number of methoxy groups -OCH3 is 1. The summed E-state index contributed by atoms with van der Waals surface area (Å²) in [6, 6.07) is 20.1. The number of aromatic amines is 1. The van der Waals surface area contributed by atoms with E-state index >= 15 is 0 Å². The third-order valence-corrected chi connectivity index (χ3v) is 8.10. The molecular formula is C29H25ClFN3O3. The van der Waals surface area contributed by atoms with Crippen LogP contribution < -0.4 is 4.74 Å². The molecule has 6 rings (SSSR count). The van der Waals surface area contributed by atoms with Crippen molar-refractivity contribution in [3.05, 3.63) is 100.0 Å². The smallest absolute Gasteiger partial charge is 0.255 e. The second-order valence-electron chi connectivity index (χ2n) is 9.69. The van der Waals surface area contributed by atoms with Crippen molar-refractivity contribution in [2.24, 2.45) is 0 Å². The molecule has 0 radical (unpaired) electrons. The van der Waals surface area contributed by atoms with E-state index in [2.05, 4.69) is 4.98 Å². The van der Waals surface area contributed by atoms with Crippen LogP contribution in [-0.4, -0.2) is 46.8 Å². The molecule has 0 unspecified atom stereocenters. The molecule has 188 valence electrons. The average molecular weight is 518 g/mol. The van der Waals surface area contributed by atoms with Crippen LogP contribution in [0, 0.1) is 5.82 Å². The quantitative estimate of drug-likeness (QED) is 0.404.